The monoisotopic (exact) mass is 610 g/mol. The van der Waals surface area contributed by atoms with Crippen LogP contribution in [0.15, 0.2) is 78.9 Å². The molecule has 5 rings (SSSR count). The third-order valence-electron chi connectivity index (χ3n) is 8.39. The maximum atomic E-state index is 15.7. The summed E-state index contributed by atoms with van der Waals surface area (Å²) in [5.41, 5.74) is 3.20. The number of halogens is 1. The highest BCUT2D eigenvalue weighted by molar-refractivity contribution is 7.86. The molecule has 3 atom stereocenters. The van der Waals surface area contributed by atoms with E-state index in [0.29, 0.717) is 18.8 Å². The summed E-state index contributed by atoms with van der Waals surface area (Å²) in [4.78, 5) is 20.6. The van der Waals surface area contributed by atoms with Gasteiger partial charge in [0.25, 0.3) is 10.1 Å². The van der Waals surface area contributed by atoms with Crippen LogP contribution in [0.4, 0.5) is 20.6 Å². The van der Waals surface area contributed by atoms with Gasteiger partial charge in [0.2, 0.25) is 0 Å². The van der Waals surface area contributed by atoms with E-state index in [-0.39, 0.29) is 18.3 Å². The molecule has 1 N–H and O–H groups in total. The van der Waals surface area contributed by atoms with E-state index in [4.69, 9.17) is 4.74 Å². The Hall–Kier alpha value is -3.51. The van der Waals surface area contributed by atoms with Crippen molar-refractivity contribution in [3.8, 4) is 0 Å². The predicted molar refractivity (Wildman–Crippen MR) is 165 cm³/mol. The summed E-state index contributed by atoms with van der Waals surface area (Å²) < 4.78 is 53.3. The second-order valence-corrected chi connectivity index (χ2v) is 13.0. The topological polar surface area (TPSA) is 93.6 Å². The lowest BCUT2D eigenvalue weighted by molar-refractivity contribution is 0.0672. The van der Waals surface area contributed by atoms with Gasteiger partial charge in [0.15, 0.2) is 0 Å². The maximum Gasteiger partial charge on any atom is 0.414 e. The van der Waals surface area contributed by atoms with Crippen molar-refractivity contribution in [3.63, 3.8) is 0 Å². The molecule has 0 spiro atoms. The van der Waals surface area contributed by atoms with Crippen molar-refractivity contribution >= 4 is 27.6 Å². The van der Waals surface area contributed by atoms with Gasteiger partial charge in [-0.25, -0.2) is 9.18 Å². The van der Waals surface area contributed by atoms with Crippen LogP contribution in [0.25, 0.3) is 0 Å². The molecule has 3 aromatic rings. The molecule has 0 aliphatic carbocycles. The first-order chi connectivity index (χ1) is 20.6. The lowest BCUT2D eigenvalue weighted by Crippen LogP contribution is -2.56. The van der Waals surface area contributed by atoms with E-state index < -0.39 is 33.4 Å². The van der Waals surface area contributed by atoms with Gasteiger partial charge in [0, 0.05) is 51.9 Å². The van der Waals surface area contributed by atoms with Crippen LogP contribution in [0.5, 0.6) is 0 Å². The highest BCUT2D eigenvalue weighted by atomic mass is 32.2. The summed E-state index contributed by atoms with van der Waals surface area (Å²) in [5, 5.41) is -1.29. The van der Waals surface area contributed by atoms with E-state index in [1.54, 1.807) is 12.1 Å². The number of anilines is 2. The first-order valence-corrected chi connectivity index (χ1v) is 16.2. The van der Waals surface area contributed by atoms with Crippen LogP contribution in [0.2, 0.25) is 0 Å². The molecule has 0 bridgehead atoms. The van der Waals surface area contributed by atoms with Gasteiger partial charge in [-0.05, 0) is 43.2 Å². The Labute approximate surface area is 253 Å². The summed E-state index contributed by atoms with van der Waals surface area (Å²) in [6, 6.07) is 25.5. The zero-order valence-corrected chi connectivity index (χ0v) is 25.4. The Morgan fingerprint density at radius 1 is 0.977 bits per heavy atom. The van der Waals surface area contributed by atoms with E-state index in [9.17, 15) is 17.8 Å². The van der Waals surface area contributed by atoms with E-state index in [2.05, 4.69) is 46.2 Å². The number of amides is 1. The second-order valence-electron chi connectivity index (χ2n) is 11.3. The summed E-state index contributed by atoms with van der Waals surface area (Å²) in [7, 11) is -4.40. The van der Waals surface area contributed by atoms with Crippen LogP contribution >= 0.6 is 0 Å². The fourth-order valence-corrected chi connectivity index (χ4v) is 6.37. The Kier molecular flexibility index (Phi) is 9.65. The molecule has 0 unspecified atom stereocenters. The van der Waals surface area contributed by atoms with Crippen molar-refractivity contribution in [2.45, 2.75) is 44.3 Å². The fraction of sp³-hybridized carbons (Fsp3) is 0.406. The Morgan fingerprint density at radius 3 is 2.23 bits per heavy atom. The molecule has 230 valence electrons. The van der Waals surface area contributed by atoms with Crippen molar-refractivity contribution < 1.29 is 26.9 Å². The minimum Gasteiger partial charge on any atom is -0.442 e. The van der Waals surface area contributed by atoms with Gasteiger partial charge >= 0.3 is 6.09 Å². The molecule has 3 aromatic carbocycles. The standard InChI is InChI=1S/C32H39FN4O5S/c1-3-35(30-15-14-27(18-29(30)33)37-23-31(42-32(37)38)24(2)43(39,40)41)22-28-21-34(19-25-10-6-4-7-11-25)16-17-36(28)20-26-12-8-5-9-13-26/h4-15,18,24,28,31H,3,16-17,19-23H2,1-2H3,(H,39,40,41)/t24-,28-,31-/m1/s1. The fourth-order valence-electron chi connectivity index (χ4n) is 5.85. The quantitative estimate of drug-likeness (QED) is 0.314. The summed E-state index contributed by atoms with van der Waals surface area (Å²) in [6.07, 6.45) is -1.84. The Bertz CT molecular complexity index is 1490. The van der Waals surface area contributed by atoms with Gasteiger partial charge in [-0.2, -0.15) is 8.42 Å². The highest BCUT2D eigenvalue weighted by Gasteiger charge is 2.40. The van der Waals surface area contributed by atoms with Crippen molar-refractivity contribution in [3.05, 3.63) is 95.8 Å². The van der Waals surface area contributed by atoms with E-state index in [1.807, 2.05) is 36.1 Å². The number of hydrogen-bond acceptors (Lipinski definition) is 7. The van der Waals surface area contributed by atoms with Crippen LogP contribution < -0.4 is 9.80 Å². The van der Waals surface area contributed by atoms with Crippen molar-refractivity contribution in [1.29, 1.82) is 0 Å². The molecule has 0 radical (unpaired) electrons. The van der Waals surface area contributed by atoms with E-state index in [1.165, 1.54) is 29.0 Å². The Balaban J connectivity index is 1.33. The van der Waals surface area contributed by atoms with Gasteiger partial charge in [0.1, 0.15) is 17.2 Å². The third kappa shape index (κ3) is 7.53. The van der Waals surface area contributed by atoms with Gasteiger partial charge in [0.05, 0.1) is 17.9 Å². The maximum absolute atomic E-state index is 15.7. The average Bonchev–Trinajstić information content (AvgIpc) is 3.38. The summed E-state index contributed by atoms with van der Waals surface area (Å²) in [6.45, 7) is 8.70. The van der Waals surface area contributed by atoms with Crippen molar-refractivity contribution in [2.24, 2.45) is 0 Å². The molecular weight excluding hydrogens is 571 g/mol. The number of benzene rings is 3. The number of cyclic esters (lactones) is 1. The normalized spacial score (nSPS) is 20.7. The molecular formula is C32H39FN4O5S. The summed E-state index contributed by atoms with van der Waals surface area (Å²) in [5.74, 6) is -0.481. The number of likely N-dealkylation sites (N-methyl/N-ethyl adjacent to an activating group) is 1. The van der Waals surface area contributed by atoms with E-state index >= 15 is 4.39 Å². The molecule has 2 aliphatic rings. The number of ether oxygens (including phenoxy) is 1. The number of nitrogens with zero attached hydrogens (tertiary/aromatic N) is 4. The van der Waals surface area contributed by atoms with E-state index in [0.717, 1.165) is 32.7 Å². The highest BCUT2D eigenvalue weighted by Crippen LogP contribution is 2.30. The first kappa shape index (κ1) is 30.9. The molecule has 11 heteroatoms. The largest absolute Gasteiger partial charge is 0.442 e. The molecule has 9 nitrogen and oxygen atoms in total. The lowest BCUT2D eigenvalue weighted by Gasteiger charge is -2.44. The van der Waals surface area contributed by atoms with Crippen molar-refractivity contribution in [2.75, 3.05) is 49.1 Å². The molecule has 2 fully saturated rings. The lowest BCUT2D eigenvalue weighted by atomic mass is 10.1. The number of carbonyl (C=O) groups is 1. The molecule has 2 heterocycles. The number of rotatable bonds is 11. The minimum absolute atomic E-state index is 0.107. The van der Waals surface area contributed by atoms with Crippen LogP contribution in [-0.4, -0.2) is 85.5 Å². The first-order valence-electron chi connectivity index (χ1n) is 14.7. The van der Waals surface area contributed by atoms with Gasteiger partial charge in [-0.15, -0.1) is 0 Å². The molecule has 2 saturated heterocycles. The average molecular weight is 611 g/mol. The van der Waals surface area contributed by atoms with Gasteiger partial charge < -0.3 is 9.64 Å². The molecule has 2 aliphatic heterocycles. The molecule has 43 heavy (non-hydrogen) atoms. The smallest absolute Gasteiger partial charge is 0.414 e. The van der Waals surface area contributed by atoms with Gasteiger partial charge in [-0.1, -0.05) is 60.7 Å². The molecule has 0 aromatic heterocycles. The van der Waals surface area contributed by atoms with Crippen LogP contribution in [0, 0.1) is 5.82 Å². The minimum atomic E-state index is -4.40. The van der Waals surface area contributed by atoms with Crippen LogP contribution in [0.3, 0.4) is 0 Å². The zero-order valence-electron chi connectivity index (χ0n) is 24.5. The van der Waals surface area contributed by atoms with Gasteiger partial charge in [-0.3, -0.25) is 19.3 Å². The Morgan fingerprint density at radius 2 is 1.63 bits per heavy atom. The molecule has 1 amide bonds. The summed E-state index contributed by atoms with van der Waals surface area (Å²) >= 11 is 0. The van der Waals surface area contributed by atoms with Crippen LogP contribution in [0.1, 0.15) is 25.0 Å². The third-order valence-corrected chi connectivity index (χ3v) is 9.63. The van der Waals surface area contributed by atoms with Crippen LogP contribution in [-0.2, 0) is 27.9 Å². The zero-order chi connectivity index (χ0) is 30.6. The second kappa shape index (κ2) is 13.4. The number of piperazine rings is 1. The number of carbonyl (C=O) groups excluding carboxylic acids is 1. The van der Waals surface area contributed by atoms with Crippen molar-refractivity contribution in [1.82, 2.24) is 9.80 Å². The predicted octanol–water partition coefficient (Wildman–Crippen LogP) is 4.64. The SMILES string of the molecule is CCN(C[C@H]1CN(Cc2ccccc2)CCN1Cc1ccccc1)c1ccc(N2C[C@H]([C@@H](C)S(=O)(=O)O)OC2=O)cc1F. The molecule has 0 saturated carbocycles. The number of hydrogen-bond donors (Lipinski definition) is 1.